The normalized spacial score (nSPS) is 14.4. The molecule has 0 spiro atoms. The molecule has 0 heterocycles. The van der Waals surface area contributed by atoms with Gasteiger partial charge >= 0.3 is 5.97 Å². The smallest absolute Gasteiger partial charge is 0.335 e. The van der Waals surface area contributed by atoms with Gasteiger partial charge in [-0.2, -0.15) is 0 Å². The van der Waals surface area contributed by atoms with E-state index < -0.39 is 19.9 Å². The first kappa shape index (κ1) is 23.4. The molecule has 0 unspecified atom stereocenters. The van der Waals surface area contributed by atoms with Crippen molar-refractivity contribution >= 4 is 14.3 Å². The summed E-state index contributed by atoms with van der Waals surface area (Å²) in [7, 11) is -2.26. The number of aliphatic carboxylic acids is 1. The second-order valence-electron chi connectivity index (χ2n) is 9.52. The highest BCUT2D eigenvalue weighted by Gasteiger charge is 2.48. The van der Waals surface area contributed by atoms with Gasteiger partial charge < -0.3 is 9.53 Å². The lowest BCUT2D eigenvalue weighted by molar-refractivity contribution is -0.157. The third kappa shape index (κ3) is 6.55. The van der Waals surface area contributed by atoms with Crippen molar-refractivity contribution in [3.63, 3.8) is 0 Å². The van der Waals surface area contributed by atoms with Crippen molar-refractivity contribution in [3.8, 4) is 0 Å². The van der Waals surface area contributed by atoms with Crippen molar-refractivity contribution in [3.05, 3.63) is 71.8 Å². The maximum Gasteiger partial charge on any atom is 0.335 e. The van der Waals surface area contributed by atoms with E-state index in [-0.39, 0.29) is 5.04 Å². The van der Waals surface area contributed by atoms with Crippen LogP contribution in [0.25, 0.3) is 0 Å². The molecule has 0 radical (unpaired) electrons. The van der Waals surface area contributed by atoms with Gasteiger partial charge in [0.2, 0.25) is 0 Å². The Labute approximate surface area is 177 Å². The second kappa shape index (κ2) is 9.73. The second-order valence-corrected chi connectivity index (χ2v) is 14.2. The first-order valence-corrected chi connectivity index (χ1v) is 13.5. The number of unbranched alkanes of at least 4 members (excludes halogenated alkanes) is 1. The van der Waals surface area contributed by atoms with Crippen molar-refractivity contribution in [2.45, 2.75) is 76.6 Å². The lowest BCUT2D eigenvalue weighted by Gasteiger charge is -2.44. The average Bonchev–Trinajstić information content (AvgIpc) is 2.65. The Morgan fingerprint density at radius 1 is 0.897 bits per heavy atom. The predicted molar refractivity (Wildman–Crippen MR) is 123 cm³/mol. The molecule has 4 heteroatoms. The van der Waals surface area contributed by atoms with Gasteiger partial charge in [-0.3, -0.25) is 0 Å². The van der Waals surface area contributed by atoms with Crippen LogP contribution in [0.3, 0.4) is 0 Å². The number of carboxylic acids is 1. The minimum absolute atomic E-state index is 0.0472. The Kier molecular flexibility index (Phi) is 7.84. The van der Waals surface area contributed by atoms with Crippen LogP contribution < -0.4 is 0 Å². The van der Waals surface area contributed by atoms with Gasteiger partial charge in [-0.1, -0.05) is 81.4 Å². The Bertz CT molecular complexity index is 766. The van der Waals surface area contributed by atoms with Crippen LogP contribution in [0.4, 0.5) is 0 Å². The van der Waals surface area contributed by atoms with E-state index in [0.717, 1.165) is 24.8 Å². The average molecular weight is 413 g/mol. The monoisotopic (exact) mass is 412 g/mol. The predicted octanol–water partition coefficient (Wildman–Crippen LogP) is 6.49. The van der Waals surface area contributed by atoms with Crippen LogP contribution in [-0.2, 0) is 22.1 Å². The fraction of sp³-hybridized carbons (Fsp3) is 0.480. The Hall–Kier alpha value is -1.91. The van der Waals surface area contributed by atoms with E-state index in [1.807, 2.05) is 48.5 Å². The number of aryl methyl sites for hydroxylation is 1. The van der Waals surface area contributed by atoms with Crippen LogP contribution in [0.15, 0.2) is 60.7 Å². The van der Waals surface area contributed by atoms with Crippen LogP contribution in [0, 0.1) is 0 Å². The molecule has 0 bridgehead atoms. The van der Waals surface area contributed by atoms with E-state index in [1.54, 1.807) is 0 Å². The van der Waals surface area contributed by atoms with Gasteiger partial charge in [-0.25, -0.2) is 4.79 Å². The fourth-order valence-corrected chi connectivity index (χ4v) is 4.90. The minimum atomic E-state index is -2.26. The number of rotatable bonds is 10. The first-order chi connectivity index (χ1) is 13.6. The number of benzene rings is 2. The highest BCUT2D eigenvalue weighted by Crippen LogP contribution is 2.41. The molecule has 0 aliphatic heterocycles. The zero-order valence-corrected chi connectivity index (χ0v) is 19.6. The highest BCUT2D eigenvalue weighted by atomic mass is 28.4. The van der Waals surface area contributed by atoms with Crippen LogP contribution in [-0.4, -0.2) is 25.0 Å². The van der Waals surface area contributed by atoms with E-state index >= 15 is 0 Å². The molecule has 2 rings (SSSR count). The van der Waals surface area contributed by atoms with Crippen LogP contribution >= 0.6 is 0 Å². The molecule has 158 valence electrons. The Balaban J connectivity index is 2.21. The highest BCUT2D eigenvalue weighted by molar-refractivity contribution is 6.74. The fourth-order valence-electron chi connectivity index (χ4n) is 3.35. The molecule has 0 aliphatic carbocycles. The lowest BCUT2D eigenvalue weighted by Crippen LogP contribution is -2.54. The molecule has 0 amide bonds. The van der Waals surface area contributed by atoms with Crippen molar-refractivity contribution < 1.29 is 14.3 Å². The van der Waals surface area contributed by atoms with E-state index in [9.17, 15) is 9.90 Å². The summed E-state index contributed by atoms with van der Waals surface area (Å²) < 4.78 is 6.65. The van der Waals surface area contributed by atoms with Gasteiger partial charge in [0.1, 0.15) is 0 Å². The summed E-state index contributed by atoms with van der Waals surface area (Å²) in [5.74, 6) is -0.842. The SMILES string of the molecule is CC(C)(C)[Si](C)(C)O[C@](CCCCc1ccccc1)(Cc1ccccc1)C(=O)O. The molecule has 3 nitrogen and oxygen atoms in total. The maximum atomic E-state index is 12.6. The Morgan fingerprint density at radius 3 is 1.90 bits per heavy atom. The standard InChI is InChI=1S/C25H36O3Si/c1-24(2,3)29(4,5)28-25(23(26)27,20-22-17-10-7-11-18-22)19-13-12-16-21-14-8-6-9-15-21/h6-11,14-15,17-18H,12-13,16,19-20H2,1-5H3,(H,26,27)/t25-/m1/s1. The minimum Gasteiger partial charge on any atom is -0.479 e. The van der Waals surface area contributed by atoms with E-state index in [0.29, 0.717) is 12.8 Å². The maximum absolute atomic E-state index is 12.6. The third-order valence-electron chi connectivity index (χ3n) is 6.12. The summed E-state index contributed by atoms with van der Waals surface area (Å²) >= 11 is 0. The van der Waals surface area contributed by atoms with E-state index in [2.05, 4.69) is 46.0 Å². The van der Waals surface area contributed by atoms with Gasteiger partial charge in [-0.15, -0.1) is 0 Å². The number of hydrogen-bond acceptors (Lipinski definition) is 2. The third-order valence-corrected chi connectivity index (χ3v) is 10.6. The van der Waals surface area contributed by atoms with Crippen LogP contribution in [0.1, 0.15) is 51.2 Å². The Morgan fingerprint density at radius 2 is 1.41 bits per heavy atom. The molecule has 1 atom stereocenters. The quantitative estimate of drug-likeness (QED) is 0.358. The molecule has 0 saturated carbocycles. The molecule has 0 aromatic heterocycles. The molecule has 0 aliphatic rings. The molecule has 0 fully saturated rings. The zero-order chi connectivity index (χ0) is 21.5. The van der Waals surface area contributed by atoms with Gasteiger partial charge in [0.25, 0.3) is 0 Å². The topological polar surface area (TPSA) is 46.5 Å². The van der Waals surface area contributed by atoms with E-state index in [4.69, 9.17) is 4.43 Å². The van der Waals surface area contributed by atoms with Crippen LogP contribution in [0.5, 0.6) is 0 Å². The van der Waals surface area contributed by atoms with Crippen molar-refractivity contribution in [2.75, 3.05) is 0 Å². The van der Waals surface area contributed by atoms with Crippen molar-refractivity contribution in [2.24, 2.45) is 0 Å². The van der Waals surface area contributed by atoms with Crippen molar-refractivity contribution in [1.82, 2.24) is 0 Å². The number of carboxylic acid groups (broad SMARTS) is 1. The summed E-state index contributed by atoms with van der Waals surface area (Å²) in [5.41, 5.74) is 1.12. The summed E-state index contributed by atoms with van der Waals surface area (Å²) in [4.78, 5) is 12.6. The number of carbonyl (C=O) groups is 1. The molecular weight excluding hydrogens is 376 g/mol. The lowest BCUT2D eigenvalue weighted by atomic mass is 9.89. The molecule has 2 aromatic rings. The van der Waals surface area contributed by atoms with E-state index in [1.165, 1.54) is 5.56 Å². The van der Waals surface area contributed by atoms with Crippen LogP contribution in [0.2, 0.25) is 18.1 Å². The summed E-state index contributed by atoms with van der Waals surface area (Å²) in [5, 5.41) is 10.3. The first-order valence-electron chi connectivity index (χ1n) is 10.6. The molecule has 2 aromatic carbocycles. The van der Waals surface area contributed by atoms with Gasteiger partial charge in [0, 0.05) is 6.42 Å². The summed E-state index contributed by atoms with van der Waals surface area (Å²) in [6, 6.07) is 20.2. The largest absolute Gasteiger partial charge is 0.479 e. The van der Waals surface area contributed by atoms with Crippen molar-refractivity contribution in [1.29, 1.82) is 0 Å². The van der Waals surface area contributed by atoms with Gasteiger partial charge in [0.15, 0.2) is 13.9 Å². The van der Waals surface area contributed by atoms with Gasteiger partial charge in [0.05, 0.1) is 0 Å². The number of hydrogen-bond donors (Lipinski definition) is 1. The molecule has 0 saturated heterocycles. The summed E-state index contributed by atoms with van der Waals surface area (Å²) in [6.45, 7) is 10.7. The molecule has 29 heavy (non-hydrogen) atoms. The summed E-state index contributed by atoms with van der Waals surface area (Å²) in [6.07, 6.45) is 3.66. The molecular formula is C25H36O3Si. The van der Waals surface area contributed by atoms with Gasteiger partial charge in [-0.05, 0) is 54.9 Å². The molecule has 1 N–H and O–H groups in total. The zero-order valence-electron chi connectivity index (χ0n) is 18.6.